The maximum absolute atomic E-state index is 10.1. The van der Waals surface area contributed by atoms with E-state index >= 15 is 0 Å². The van der Waals surface area contributed by atoms with Crippen molar-refractivity contribution in [2.45, 2.75) is 26.0 Å². The summed E-state index contributed by atoms with van der Waals surface area (Å²) < 4.78 is 0. The van der Waals surface area contributed by atoms with Crippen LogP contribution in [0.3, 0.4) is 0 Å². The van der Waals surface area contributed by atoms with Crippen molar-refractivity contribution in [3.05, 3.63) is 52.1 Å². The van der Waals surface area contributed by atoms with Crippen molar-refractivity contribution in [2.75, 3.05) is 11.5 Å². The van der Waals surface area contributed by atoms with Gasteiger partial charge in [0, 0.05) is 34.2 Å². The molecule has 0 atom stereocenters. The van der Waals surface area contributed by atoms with Gasteiger partial charge in [-0.25, -0.2) is 4.98 Å². The zero-order chi connectivity index (χ0) is 18.4. The van der Waals surface area contributed by atoms with Gasteiger partial charge in [-0.3, -0.25) is 0 Å². The number of nitrogens with zero attached hydrogens (tertiary/aromatic N) is 1. The van der Waals surface area contributed by atoms with E-state index in [1.165, 1.54) is 17.3 Å². The molecule has 132 valence electrons. The van der Waals surface area contributed by atoms with E-state index in [4.69, 9.17) is 16.1 Å². The Kier molecular flexibility index (Phi) is 4.11. The number of hydrogen-bond acceptors (Lipinski definition) is 5. The van der Waals surface area contributed by atoms with Gasteiger partial charge in [0.25, 0.3) is 0 Å². The lowest BCUT2D eigenvalue weighted by atomic mass is 9.92. The second kappa shape index (κ2) is 6.32. The third-order valence-corrected chi connectivity index (χ3v) is 6.08. The molecular weight excluding hydrogens is 342 g/mol. The Bertz CT molecular complexity index is 1040. The van der Waals surface area contributed by atoms with E-state index in [0.717, 1.165) is 56.8 Å². The lowest BCUT2D eigenvalue weighted by molar-refractivity contribution is 0.467. The van der Waals surface area contributed by atoms with Crippen LogP contribution in [-0.2, 0) is 12.2 Å². The highest BCUT2D eigenvalue weighted by molar-refractivity contribution is 7.98. The molecule has 0 aliphatic carbocycles. The number of thioether (sulfide) groups is 1. The second-order valence-electron chi connectivity index (χ2n) is 6.79. The van der Waals surface area contributed by atoms with Gasteiger partial charge in [-0.2, -0.15) is 11.8 Å². The van der Waals surface area contributed by atoms with Crippen LogP contribution in [0.4, 0.5) is 5.69 Å². The van der Waals surface area contributed by atoms with Gasteiger partial charge in [0.05, 0.1) is 11.2 Å². The van der Waals surface area contributed by atoms with Crippen LogP contribution in [-0.4, -0.2) is 22.1 Å². The first-order chi connectivity index (χ1) is 12.5. The standard InChI is InChI=1S/C21H21N3OS/c1-11-7-13(8-12(2)21(11)25)20-16-10-26-6-5-14(16)19-15(9-22)17(23)3-4-18(19)24-20/h3-4,7-9,22,25H,5-6,10,23H2,1-2H3. The van der Waals surface area contributed by atoms with Gasteiger partial charge in [0.1, 0.15) is 5.75 Å². The number of phenolic OH excluding ortho intramolecular Hbond substituents is 1. The summed E-state index contributed by atoms with van der Waals surface area (Å²) in [7, 11) is 0. The summed E-state index contributed by atoms with van der Waals surface area (Å²) in [5.74, 6) is 2.31. The summed E-state index contributed by atoms with van der Waals surface area (Å²) >= 11 is 1.91. The van der Waals surface area contributed by atoms with Crippen molar-refractivity contribution < 1.29 is 5.11 Å². The average molecular weight is 363 g/mol. The van der Waals surface area contributed by atoms with Gasteiger partial charge in [-0.1, -0.05) is 0 Å². The minimum atomic E-state index is 0.344. The first-order valence-electron chi connectivity index (χ1n) is 8.64. The number of nitrogens with one attached hydrogen (secondary N) is 1. The van der Waals surface area contributed by atoms with Crippen LogP contribution >= 0.6 is 11.8 Å². The zero-order valence-electron chi connectivity index (χ0n) is 14.9. The number of nitrogens with two attached hydrogens (primary N) is 1. The highest BCUT2D eigenvalue weighted by atomic mass is 32.2. The van der Waals surface area contributed by atoms with Gasteiger partial charge >= 0.3 is 0 Å². The SMILES string of the molecule is Cc1cc(-c2nc3ccc(N)c(C=N)c3c3c2CSCC3)cc(C)c1O. The molecule has 2 aromatic carbocycles. The maximum atomic E-state index is 10.1. The largest absolute Gasteiger partial charge is 0.507 e. The van der Waals surface area contributed by atoms with Crippen LogP contribution in [0.25, 0.3) is 22.2 Å². The first-order valence-corrected chi connectivity index (χ1v) is 9.79. The Hall–Kier alpha value is -2.53. The average Bonchev–Trinajstić information content (AvgIpc) is 2.65. The Labute approximate surface area is 157 Å². The molecule has 1 aliphatic rings. The molecule has 0 radical (unpaired) electrons. The molecule has 0 unspecified atom stereocenters. The molecule has 5 heteroatoms. The highest BCUT2D eigenvalue weighted by Gasteiger charge is 2.22. The lowest BCUT2D eigenvalue weighted by Crippen LogP contribution is -2.09. The molecule has 4 N–H and O–H groups in total. The number of nitrogen functional groups attached to an aromatic ring is 1. The topological polar surface area (TPSA) is 83.0 Å². The molecule has 0 bridgehead atoms. The van der Waals surface area contributed by atoms with E-state index in [1.807, 2.05) is 49.9 Å². The molecule has 0 spiro atoms. The Balaban J connectivity index is 2.09. The number of phenols is 1. The van der Waals surface area contributed by atoms with Gasteiger partial charge in [0.2, 0.25) is 0 Å². The summed E-state index contributed by atoms with van der Waals surface area (Å²) in [5, 5.41) is 19.0. The van der Waals surface area contributed by atoms with Crippen LogP contribution in [0, 0.1) is 19.3 Å². The summed E-state index contributed by atoms with van der Waals surface area (Å²) in [6, 6.07) is 7.79. The summed E-state index contributed by atoms with van der Waals surface area (Å²) in [6.45, 7) is 3.84. The minimum Gasteiger partial charge on any atom is -0.507 e. The van der Waals surface area contributed by atoms with Crippen molar-refractivity contribution in [2.24, 2.45) is 0 Å². The Morgan fingerprint density at radius 2 is 1.92 bits per heavy atom. The predicted molar refractivity (Wildman–Crippen MR) is 110 cm³/mol. The second-order valence-corrected chi connectivity index (χ2v) is 7.89. The molecule has 3 aromatic rings. The Morgan fingerprint density at radius 3 is 2.62 bits per heavy atom. The summed E-state index contributed by atoms with van der Waals surface area (Å²) in [5.41, 5.74) is 14.6. The van der Waals surface area contributed by atoms with Crippen LogP contribution in [0.15, 0.2) is 24.3 Å². The molecule has 4 rings (SSSR count). The molecule has 1 aliphatic heterocycles. The molecule has 4 nitrogen and oxygen atoms in total. The van der Waals surface area contributed by atoms with Crippen molar-refractivity contribution in [3.63, 3.8) is 0 Å². The number of benzene rings is 2. The maximum Gasteiger partial charge on any atom is 0.121 e. The van der Waals surface area contributed by atoms with Crippen molar-refractivity contribution in [1.82, 2.24) is 4.98 Å². The van der Waals surface area contributed by atoms with Gasteiger partial charge in [0.15, 0.2) is 0 Å². The fraction of sp³-hybridized carbons (Fsp3) is 0.238. The lowest BCUT2D eigenvalue weighted by Gasteiger charge is -2.23. The number of aromatic nitrogens is 1. The van der Waals surface area contributed by atoms with E-state index in [-0.39, 0.29) is 0 Å². The highest BCUT2D eigenvalue weighted by Crippen LogP contribution is 2.39. The summed E-state index contributed by atoms with van der Waals surface area (Å²) in [6.07, 6.45) is 2.29. The predicted octanol–water partition coefficient (Wildman–Crippen LogP) is 4.59. The number of anilines is 1. The van der Waals surface area contributed by atoms with E-state index in [9.17, 15) is 5.11 Å². The van der Waals surface area contributed by atoms with Crippen molar-refractivity contribution in [1.29, 1.82) is 5.41 Å². The van der Waals surface area contributed by atoms with E-state index < -0.39 is 0 Å². The quantitative estimate of drug-likeness (QED) is 0.459. The van der Waals surface area contributed by atoms with Crippen LogP contribution in [0.1, 0.15) is 27.8 Å². The number of rotatable bonds is 2. The molecule has 2 heterocycles. The van der Waals surface area contributed by atoms with Gasteiger partial charge < -0.3 is 16.2 Å². The number of hydrogen-bond donors (Lipinski definition) is 3. The molecular formula is C21H21N3OS. The third kappa shape index (κ3) is 2.54. The third-order valence-electron chi connectivity index (χ3n) is 5.09. The van der Waals surface area contributed by atoms with Crippen LogP contribution < -0.4 is 5.73 Å². The van der Waals surface area contributed by atoms with E-state index in [2.05, 4.69) is 0 Å². The number of pyridine rings is 1. The molecule has 0 fully saturated rings. The van der Waals surface area contributed by atoms with Gasteiger partial charge in [-0.05, 0) is 72.5 Å². The normalized spacial score (nSPS) is 13.6. The van der Waals surface area contributed by atoms with E-state index in [0.29, 0.717) is 11.4 Å². The molecule has 0 saturated heterocycles. The Morgan fingerprint density at radius 1 is 1.19 bits per heavy atom. The van der Waals surface area contributed by atoms with Gasteiger partial charge in [-0.15, -0.1) is 0 Å². The summed E-state index contributed by atoms with van der Waals surface area (Å²) in [4.78, 5) is 4.97. The molecule has 26 heavy (non-hydrogen) atoms. The zero-order valence-corrected chi connectivity index (χ0v) is 15.7. The van der Waals surface area contributed by atoms with Crippen LogP contribution in [0.2, 0.25) is 0 Å². The van der Waals surface area contributed by atoms with Crippen LogP contribution in [0.5, 0.6) is 5.75 Å². The smallest absolute Gasteiger partial charge is 0.121 e. The molecule has 0 amide bonds. The van der Waals surface area contributed by atoms with Crippen molar-refractivity contribution in [3.8, 4) is 17.0 Å². The minimum absolute atomic E-state index is 0.344. The molecule has 1 aromatic heterocycles. The van der Waals surface area contributed by atoms with E-state index in [1.54, 1.807) is 0 Å². The molecule has 0 saturated carbocycles. The first kappa shape index (κ1) is 16.9. The monoisotopic (exact) mass is 363 g/mol. The number of aryl methyl sites for hydroxylation is 3. The van der Waals surface area contributed by atoms with Crippen molar-refractivity contribution >= 4 is 34.6 Å². The fourth-order valence-corrected chi connectivity index (χ4v) is 4.79. The number of fused-ring (bicyclic) bond motifs is 3. The number of aromatic hydroxyl groups is 1. The fourth-order valence-electron chi connectivity index (χ4n) is 3.78.